The second-order valence-corrected chi connectivity index (χ2v) is 10.2. The van der Waals surface area contributed by atoms with Crippen molar-refractivity contribution in [2.75, 3.05) is 0 Å². The maximum absolute atomic E-state index is 9.03. The summed E-state index contributed by atoms with van der Waals surface area (Å²) in [6.45, 7) is 15.7. The van der Waals surface area contributed by atoms with E-state index in [1.807, 2.05) is 16.9 Å². The van der Waals surface area contributed by atoms with Gasteiger partial charge in [0.1, 0.15) is 6.07 Å². The van der Waals surface area contributed by atoms with E-state index in [2.05, 4.69) is 52.7 Å². The fourth-order valence-electron chi connectivity index (χ4n) is 6.97. The first kappa shape index (κ1) is 20.4. The van der Waals surface area contributed by atoms with Crippen LogP contribution in [0.5, 0.6) is 0 Å². The van der Waals surface area contributed by atoms with Crippen LogP contribution in [0, 0.1) is 58.2 Å². The van der Waals surface area contributed by atoms with Gasteiger partial charge in [-0.15, -0.1) is 0 Å². The van der Waals surface area contributed by atoms with E-state index in [0.29, 0.717) is 17.0 Å². The van der Waals surface area contributed by atoms with Crippen LogP contribution in [0.25, 0.3) is 0 Å². The van der Waals surface area contributed by atoms with Gasteiger partial charge >= 0.3 is 0 Å². The minimum Gasteiger partial charge on any atom is -0.271 e. The average molecular weight is 370 g/mol. The zero-order valence-electron chi connectivity index (χ0n) is 18.3. The van der Waals surface area contributed by atoms with Crippen molar-refractivity contribution in [1.82, 2.24) is 9.78 Å². The molecule has 1 aromatic rings. The Labute approximate surface area is 166 Å². The second-order valence-electron chi connectivity index (χ2n) is 10.2. The Balaban J connectivity index is 1.75. The highest BCUT2D eigenvalue weighted by Gasteiger charge is 2.54. The molecule has 1 heterocycles. The predicted molar refractivity (Wildman–Crippen MR) is 111 cm³/mol. The Morgan fingerprint density at radius 2 is 2.00 bits per heavy atom. The molecule has 0 saturated heterocycles. The van der Waals surface area contributed by atoms with Crippen LogP contribution in [0.3, 0.4) is 0 Å². The highest BCUT2D eigenvalue weighted by atomic mass is 15.3. The van der Waals surface area contributed by atoms with Gasteiger partial charge < -0.3 is 0 Å². The zero-order chi connectivity index (χ0) is 19.8. The Hall–Kier alpha value is -1.30. The van der Waals surface area contributed by atoms with Crippen LogP contribution < -0.4 is 0 Å². The standard InChI is InChI=1S/C24H39N3/c1-7-20-21(18(5)16(2)3)10-12-24(6)22(8-9-23(20)24)17(4)15-27-13-11-19(14-25)26-27/h11,13,16-18,20-23H,7-10,12,15H2,1-6H3. The van der Waals surface area contributed by atoms with Gasteiger partial charge in [0.05, 0.1) is 0 Å². The number of aromatic nitrogens is 2. The maximum atomic E-state index is 9.03. The summed E-state index contributed by atoms with van der Waals surface area (Å²) in [5, 5.41) is 13.4. The lowest BCUT2D eigenvalue weighted by atomic mass is 9.53. The molecule has 0 bridgehead atoms. The van der Waals surface area contributed by atoms with Crippen LogP contribution in [0.1, 0.15) is 79.3 Å². The Morgan fingerprint density at radius 3 is 2.59 bits per heavy atom. The van der Waals surface area contributed by atoms with E-state index in [1.165, 1.54) is 32.1 Å². The minimum atomic E-state index is 0.485. The topological polar surface area (TPSA) is 41.6 Å². The molecule has 0 N–H and O–H groups in total. The summed E-state index contributed by atoms with van der Waals surface area (Å²) < 4.78 is 1.99. The molecule has 7 unspecified atom stereocenters. The highest BCUT2D eigenvalue weighted by Crippen LogP contribution is 2.62. The number of fused-ring (bicyclic) bond motifs is 1. The van der Waals surface area contributed by atoms with Gasteiger partial charge in [-0.25, -0.2) is 0 Å². The third-order valence-electron chi connectivity index (χ3n) is 8.68. The van der Waals surface area contributed by atoms with Gasteiger partial charge in [-0.1, -0.05) is 48.0 Å². The Kier molecular flexibility index (Phi) is 6.04. The Bertz CT molecular complexity index is 669. The lowest BCUT2D eigenvalue weighted by molar-refractivity contribution is -0.0294. The third-order valence-corrected chi connectivity index (χ3v) is 8.68. The van der Waals surface area contributed by atoms with Gasteiger partial charge in [-0.3, -0.25) is 4.68 Å². The third kappa shape index (κ3) is 3.69. The smallest absolute Gasteiger partial charge is 0.162 e. The van der Waals surface area contributed by atoms with Gasteiger partial charge in [0.15, 0.2) is 5.69 Å². The molecule has 2 aliphatic rings. The summed E-state index contributed by atoms with van der Waals surface area (Å²) in [7, 11) is 0. The molecular weight excluding hydrogens is 330 g/mol. The fourth-order valence-corrected chi connectivity index (χ4v) is 6.97. The molecule has 0 spiro atoms. The van der Waals surface area contributed by atoms with Gasteiger partial charge in [0.25, 0.3) is 0 Å². The maximum Gasteiger partial charge on any atom is 0.162 e. The van der Waals surface area contributed by atoms with Crippen LogP contribution in [0.4, 0.5) is 0 Å². The van der Waals surface area contributed by atoms with Crippen molar-refractivity contribution >= 4 is 0 Å². The molecule has 2 aliphatic carbocycles. The molecule has 150 valence electrons. The van der Waals surface area contributed by atoms with Crippen LogP contribution in [-0.2, 0) is 6.54 Å². The zero-order valence-corrected chi connectivity index (χ0v) is 18.3. The molecule has 3 nitrogen and oxygen atoms in total. The van der Waals surface area contributed by atoms with Crippen molar-refractivity contribution in [1.29, 1.82) is 5.26 Å². The van der Waals surface area contributed by atoms with Crippen molar-refractivity contribution in [3.8, 4) is 6.07 Å². The van der Waals surface area contributed by atoms with Crippen molar-refractivity contribution < 1.29 is 0 Å². The quantitative estimate of drug-likeness (QED) is 0.603. The molecule has 3 rings (SSSR count). The number of nitriles is 1. The molecule has 2 fully saturated rings. The fraction of sp³-hybridized carbons (Fsp3) is 0.833. The molecule has 0 radical (unpaired) electrons. The van der Waals surface area contributed by atoms with E-state index in [9.17, 15) is 0 Å². The van der Waals surface area contributed by atoms with E-state index in [4.69, 9.17) is 5.26 Å². The van der Waals surface area contributed by atoms with Crippen LogP contribution in [0.15, 0.2) is 12.3 Å². The molecule has 7 atom stereocenters. The lowest BCUT2D eigenvalue weighted by Gasteiger charge is -2.52. The largest absolute Gasteiger partial charge is 0.271 e. The average Bonchev–Trinajstić information content (AvgIpc) is 3.23. The second kappa shape index (κ2) is 7.98. The summed E-state index contributed by atoms with van der Waals surface area (Å²) in [6.07, 6.45) is 8.90. The molecule has 0 amide bonds. The van der Waals surface area contributed by atoms with Crippen LogP contribution in [-0.4, -0.2) is 9.78 Å². The van der Waals surface area contributed by atoms with Crippen LogP contribution >= 0.6 is 0 Å². The van der Waals surface area contributed by atoms with Gasteiger partial charge in [-0.2, -0.15) is 10.4 Å². The summed E-state index contributed by atoms with van der Waals surface area (Å²) in [5.41, 5.74) is 1.02. The van der Waals surface area contributed by atoms with Crippen molar-refractivity contribution in [3.63, 3.8) is 0 Å². The molecule has 27 heavy (non-hydrogen) atoms. The summed E-state index contributed by atoms with van der Waals surface area (Å²) in [6, 6.07) is 3.98. The molecule has 3 heteroatoms. The van der Waals surface area contributed by atoms with Crippen molar-refractivity contribution in [2.45, 2.75) is 80.2 Å². The number of hydrogen-bond donors (Lipinski definition) is 0. The number of rotatable bonds is 6. The van der Waals surface area contributed by atoms with Crippen molar-refractivity contribution in [3.05, 3.63) is 18.0 Å². The van der Waals surface area contributed by atoms with E-state index in [0.717, 1.165) is 42.1 Å². The SMILES string of the molecule is CCC1C(C(C)C(C)C)CCC2(C)C(C(C)Cn3ccc(C#N)n3)CCC12. The van der Waals surface area contributed by atoms with Gasteiger partial charge in [0, 0.05) is 12.7 Å². The molecular formula is C24H39N3. The van der Waals surface area contributed by atoms with Crippen molar-refractivity contribution in [2.24, 2.45) is 46.8 Å². The summed E-state index contributed by atoms with van der Waals surface area (Å²) >= 11 is 0. The molecule has 2 saturated carbocycles. The summed E-state index contributed by atoms with van der Waals surface area (Å²) in [5.74, 6) is 5.72. The van der Waals surface area contributed by atoms with E-state index >= 15 is 0 Å². The highest BCUT2D eigenvalue weighted by molar-refractivity contribution is 5.16. The van der Waals surface area contributed by atoms with Gasteiger partial charge in [-0.05, 0) is 78.6 Å². The predicted octanol–water partition coefficient (Wildman–Crippen LogP) is 6.15. The monoisotopic (exact) mass is 369 g/mol. The first-order valence-electron chi connectivity index (χ1n) is 11.2. The molecule has 0 aromatic carbocycles. The lowest BCUT2D eigenvalue weighted by Crippen LogP contribution is -2.45. The van der Waals surface area contributed by atoms with E-state index in [1.54, 1.807) is 0 Å². The normalized spacial score (nSPS) is 35.6. The summed E-state index contributed by atoms with van der Waals surface area (Å²) in [4.78, 5) is 0. The first-order valence-corrected chi connectivity index (χ1v) is 11.2. The van der Waals surface area contributed by atoms with Crippen LogP contribution in [0.2, 0.25) is 0 Å². The number of hydrogen-bond acceptors (Lipinski definition) is 2. The Morgan fingerprint density at radius 1 is 1.26 bits per heavy atom. The first-order chi connectivity index (χ1) is 12.8. The number of nitrogens with zero attached hydrogens (tertiary/aromatic N) is 3. The van der Waals surface area contributed by atoms with E-state index in [-0.39, 0.29) is 0 Å². The molecule has 0 aliphatic heterocycles. The molecule has 1 aromatic heterocycles. The van der Waals surface area contributed by atoms with E-state index < -0.39 is 0 Å². The van der Waals surface area contributed by atoms with Gasteiger partial charge in [0.2, 0.25) is 0 Å². The minimum absolute atomic E-state index is 0.485.